The molecule has 3 aromatic carbocycles. The Morgan fingerprint density at radius 1 is 0.811 bits per heavy atom. The number of rotatable bonds is 4. The van der Waals surface area contributed by atoms with Crippen LogP contribution in [0.15, 0.2) is 78.9 Å². The van der Waals surface area contributed by atoms with Gasteiger partial charge in [0.15, 0.2) is 0 Å². The summed E-state index contributed by atoms with van der Waals surface area (Å²) < 4.78 is 5.82. The number of urea groups is 1. The molecule has 2 aliphatic heterocycles. The number of benzene rings is 3. The third kappa shape index (κ3) is 5.81. The second-order valence-corrected chi connectivity index (χ2v) is 10.3. The van der Waals surface area contributed by atoms with Gasteiger partial charge in [-0.05, 0) is 86.3 Å². The van der Waals surface area contributed by atoms with E-state index in [0.29, 0.717) is 18.1 Å². The van der Waals surface area contributed by atoms with Crippen LogP contribution in [0.25, 0.3) is 0 Å². The zero-order chi connectivity index (χ0) is 25.0. The maximum atomic E-state index is 13.2. The Balaban J connectivity index is 1.10. The number of carbonyl (C=O) groups is 1. The second kappa shape index (κ2) is 10.7. The molecule has 3 fully saturated rings. The van der Waals surface area contributed by atoms with Crippen molar-refractivity contribution in [1.82, 2.24) is 9.80 Å². The van der Waals surface area contributed by atoms with Crippen molar-refractivity contribution in [3.63, 3.8) is 0 Å². The summed E-state index contributed by atoms with van der Waals surface area (Å²) in [5.74, 6) is 7.81. The Bertz CT molecular complexity index is 1270. The van der Waals surface area contributed by atoms with Crippen molar-refractivity contribution in [3.8, 4) is 17.6 Å². The van der Waals surface area contributed by atoms with Crippen LogP contribution < -0.4 is 10.1 Å². The highest BCUT2D eigenvalue weighted by molar-refractivity contribution is 5.89. The molecule has 0 bridgehead atoms. The molecular formula is C32H33N3O2. The van der Waals surface area contributed by atoms with Crippen LogP contribution in [0.5, 0.6) is 5.75 Å². The summed E-state index contributed by atoms with van der Waals surface area (Å²) in [7, 11) is 0. The normalized spacial score (nSPS) is 21.4. The van der Waals surface area contributed by atoms with E-state index in [0.717, 1.165) is 74.4 Å². The van der Waals surface area contributed by atoms with E-state index < -0.39 is 0 Å². The van der Waals surface area contributed by atoms with E-state index in [4.69, 9.17) is 4.74 Å². The summed E-state index contributed by atoms with van der Waals surface area (Å²) in [4.78, 5) is 17.8. The van der Waals surface area contributed by atoms with Crippen LogP contribution in [0, 0.1) is 11.8 Å². The molecule has 0 spiro atoms. The van der Waals surface area contributed by atoms with Crippen LogP contribution in [0.3, 0.4) is 0 Å². The number of hydrogen-bond donors (Lipinski definition) is 1. The lowest BCUT2D eigenvalue weighted by Crippen LogP contribution is -2.43. The molecule has 188 valence electrons. The van der Waals surface area contributed by atoms with Gasteiger partial charge in [-0.2, -0.15) is 0 Å². The number of amides is 2. The van der Waals surface area contributed by atoms with Crippen LogP contribution in [0.1, 0.15) is 48.3 Å². The molecule has 5 nitrogen and oxygen atoms in total. The number of hydrogen-bond acceptors (Lipinski definition) is 3. The van der Waals surface area contributed by atoms with E-state index in [1.165, 1.54) is 5.56 Å². The first-order chi connectivity index (χ1) is 18.2. The van der Waals surface area contributed by atoms with Gasteiger partial charge in [0.2, 0.25) is 0 Å². The lowest BCUT2D eigenvalue weighted by atomic mass is 9.91. The molecule has 1 N–H and O–H groups in total. The van der Waals surface area contributed by atoms with Gasteiger partial charge >= 0.3 is 6.03 Å². The molecule has 6 rings (SSSR count). The van der Waals surface area contributed by atoms with Crippen molar-refractivity contribution in [2.45, 2.75) is 43.7 Å². The van der Waals surface area contributed by atoms with Gasteiger partial charge in [-0.1, -0.05) is 42.2 Å². The van der Waals surface area contributed by atoms with E-state index in [9.17, 15) is 4.79 Å². The van der Waals surface area contributed by atoms with Gasteiger partial charge in [0.25, 0.3) is 0 Å². The minimum atomic E-state index is -0.0186. The predicted molar refractivity (Wildman–Crippen MR) is 147 cm³/mol. The van der Waals surface area contributed by atoms with Crippen LogP contribution in [0.2, 0.25) is 0 Å². The van der Waals surface area contributed by atoms with Gasteiger partial charge in [0.1, 0.15) is 5.75 Å². The first-order valence-electron chi connectivity index (χ1n) is 13.4. The average Bonchev–Trinajstić information content (AvgIpc) is 3.71. The standard InChI is InChI=1S/C32H33N3O2/c36-32(33-27-13-15-28(16-14-27)37-29-17-18-29)35-21-4-20-34-22-19-30(31(34)23-35)26-11-9-25(10-12-26)8-7-24-5-2-1-3-6-24/h1-3,5-6,9-16,29-31H,4,17-23H2,(H,33,36)/t30-,31+/m1/s1. The third-order valence-electron chi connectivity index (χ3n) is 7.63. The Kier molecular flexibility index (Phi) is 6.84. The van der Waals surface area contributed by atoms with Crippen LogP contribution in [-0.4, -0.2) is 54.2 Å². The smallest absolute Gasteiger partial charge is 0.321 e. The van der Waals surface area contributed by atoms with E-state index in [-0.39, 0.29) is 6.03 Å². The van der Waals surface area contributed by atoms with Crippen molar-refractivity contribution in [2.75, 3.05) is 31.5 Å². The maximum Gasteiger partial charge on any atom is 0.321 e. The van der Waals surface area contributed by atoms with Crippen molar-refractivity contribution in [1.29, 1.82) is 0 Å². The third-order valence-corrected chi connectivity index (χ3v) is 7.63. The molecule has 1 aliphatic carbocycles. The fraction of sp³-hybridized carbons (Fsp3) is 0.344. The van der Waals surface area contributed by atoms with Crippen molar-refractivity contribution in [3.05, 3.63) is 95.6 Å². The van der Waals surface area contributed by atoms with Crippen molar-refractivity contribution in [2.24, 2.45) is 0 Å². The monoisotopic (exact) mass is 491 g/mol. The summed E-state index contributed by atoms with van der Waals surface area (Å²) in [6, 6.07) is 26.9. The SMILES string of the molecule is O=C(Nc1ccc(OC2CC2)cc1)N1CCCN2CC[C@H](c3ccc(C#Cc4ccccc4)cc3)[C@@H]2C1. The van der Waals surface area contributed by atoms with Crippen LogP contribution in [-0.2, 0) is 0 Å². The zero-order valence-corrected chi connectivity index (χ0v) is 21.1. The maximum absolute atomic E-state index is 13.2. The lowest BCUT2D eigenvalue weighted by molar-refractivity contribution is 0.197. The minimum absolute atomic E-state index is 0.0186. The van der Waals surface area contributed by atoms with Gasteiger partial charge in [-0.3, -0.25) is 4.90 Å². The van der Waals surface area contributed by atoms with Crippen LogP contribution in [0.4, 0.5) is 10.5 Å². The molecule has 2 amide bonds. The number of nitrogens with zero attached hydrogens (tertiary/aromatic N) is 2. The average molecular weight is 492 g/mol. The van der Waals surface area contributed by atoms with E-state index in [2.05, 4.69) is 46.3 Å². The summed E-state index contributed by atoms with van der Waals surface area (Å²) in [6.07, 6.45) is 4.77. The highest BCUT2D eigenvalue weighted by atomic mass is 16.5. The number of fused-ring (bicyclic) bond motifs is 1. The Morgan fingerprint density at radius 2 is 1.54 bits per heavy atom. The largest absolute Gasteiger partial charge is 0.490 e. The Morgan fingerprint density at radius 3 is 2.27 bits per heavy atom. The van der Waals surface area contributed by atoms with Gasteiger partial charge < -0.3 is 15.0 Å². The van der Waals surface area contributed by atoms with E-state index in [1.54, 1.807) is 0 Å². The van der Waals surface area contributed by atoms with Crippen LogP contribution >= 0.6 is 0 Å². The van der Waals surface area contributed by atoms with Gasteiger partial charge in [0, 0.05) is 48.4 Å². The summed E-state index contributed by atoms with van der Waals surface area (Å²) in [5, 5.41) is 3.10. The molecule has 0 aromatic heterocycles. The van der Waals surface area contributed by atoms with E-state index in [1.807, 2.05) is 59.5 Å². The summed E-state index contributed by atoms with van der Waals surface area (Å²) in [5.41, 5.74) is 4.20. The molecule has 2 atom stereocenters. The molecule has 3 aliphatic rings. The zero-order valence-electron chi connectivity index (χ0n) is 21.1. The van der Waals surface area contributed by atoms with Gasteiger partial charge in [-0.25, -0.2) is 4.79 Å². The number of anilines is 1. The molecule has 2 saturated heterocycles. The van der Waals surface area contributed by atoms with Gasteiger partial charge in [-0.15, -0.1) is 0 Å². The first kappa shape index (κ1) is 23.6. The molecule has 2 heterocycles. The molecular weight excluding hydrogens is 458 g/mol. The second-order valence-electron chi connectivity index (χ2n) is 10.3. The Hall–Kier alpha value is -3.75. The number of ether oxygens (including phenoxy) is 1. The fourth-order valence-corrected chi connectivity index (χ4v) is 5.47. The first-order valence-corrected chi connectivity index (χ1v) is 13.4. The quantitative estimate of drug-likeness (QED) is 0.475. The Labute approximate surface area is 219 Å². The van der Waals surface area contributed by atoms with Crippen molar-refractivity contribution >= 4 is 11.7 Å². The fourth-order valence-electron chi connectivity index (χ4n) is 5.47. The van der Waals surface area contributed by atoms with Gasteiger partial charge in [0.05, 0.1) is 6.10 Å². The molecule has 0 radical (unpaired) electrons. The summed E-state index contributed by atoms with van der Waals surface area (Å²) in [6.45, 7) is 3.65. The minimum Gasteiger partial charge on any atom is -0.490 e. The molecule has 37 heavy (non-hydrogen) atoms. The van der Waals surface area contributed by atoms with E-state index >= 15 is 0 Å². The number of nitrogens with one attached hydrogen (secondary N) is 1. The lowest BCUT2D eigenvalue weighted by Gasteiger charge is -2.30. The molecule has 1 saturated carbocycles. The van der Waals surface area contributed by atoms with Crippen molar-refractivity contribution < 1.29 is 9.53 Å². The topological polar surface area (TPSA) is 44.8 Å². The highest BCUT2D eigenvalue weighted by Crippen LogP contribution is 2.35. The molecule has 3 aromatic rings. The summed E-state index contributed by atoms with van der Waals surface area (Å²) >= 11 is 0. The molecule has 0 unspecified atom stereocenters. The number of carbonyl (C=O) groups excluding carboxylic acids is 1. The predicted octanol–water partition coefficient (Wildman–Crippen LogP) is 5.72. The molecule has 5 heteroatoms. The highest BCUT2D eigenvalue weighted by Gasteiger charge is 2.38.